The molecule has 2 amide bonds. The van der Waals surface area contributed by atoms with Gasteiger partial charge >= 0.3 is 0 Å². The molecule has 1 atom stereocenters. The highest BCUT2D eigenvalue weighted by Gasteiger charge is 2.36. The number of rotatable bonds is 3. The molecular weight excluding hydrogens is 458 g/mol. The number of hydrogen-bond acceptors (Lipinski definition) is 4. The maximum absolute atomic E-state index is 13.1. The van der Waals surface area contributed by atoms with Gasteiger partial charge in [-0.05, 0) is 35.9 Å². The maximum atomic E-state index is 13.1. The summed E-state index contributed by atoms with van der Waals surface area (Å²) in [6, 6.07) is 13.8. The average molecular weight is 478 g/mol. The van der Waals surface area contributed by atoms with E-state index in [1.165, 1.54) is 4.31 Å². The number of para-hydroxylation sites is 1. The molecule has 1 N–H and O–H groups in total. The fourth-order valence-electron chi connectivity index (χ4n) is 3.76. The van der Waals surface area contributed by atoms with Crippen LogP contribution in [0.5, 0.6) is 0 Å². The molecule has 152 valence electrons. The lowest BCUT2D eigenvalue weighted by Crippen LogP contribution is -2.52. The van der Waals surface area contributed by atoms with Crippen LogP contribution in [-0.4, -0.2) is 55.6 Å². The quantitative estimate of drug-likeness (QED) is 0.734. The van der Waals surface area contributed by atoms with E-state index in [0.29, 0.717) is 18.8 Å². The van der Waals surface area contributed by atoms with E-state index in [0.717, 1.165) is 10.0 Å². The summed E-state index contributed by atoms with van der Waals surface area (Å²) in [5.41, 5.74) is 1.47. The average Bonchev–Trinajstić information content (AvgIpc) is 2.73. The van der Waals surface area contributed by atoms with E-state index >= 15 is 0 Å². The molecule has 9 heteroatoms. The van der Waals surface area contributed by atoms with Crippen LogP contribution in [0.2, 0.25) is 0 Å². The number of carbonyl (C=O) groups is 2. The molecule has 4 rings (SSSR count). The van der Waals surface area contributed by atoms with Crippen LogP contribution in [0.15, 0.2) is 57.9 Å². The van der Waals surface area contributed by atoms with Gasteiger partial charge in [0.2, 0.25) is 21.8 Å². The fourth-order valence-corrected chi connectivity index (χ4v) is 5.44. The highest BCUT2D eigenvalue weighted by atomic mass is 79.9. The van der Waals surface area contributed by atoms with E-state index < -0.39 is 15.9 Å². The molecule has 0 aliphatic carbocycles. The second kappa shape index (κ2) is 7.89. The Morgan fingerprint density at radius 1 is 1.00 bits per heavy atom. The van der Waals surface area contributed by atoms with Crippen molar-refractivity contribution >= 4 is 43.5 Å². The van der Waals surface area contributed by atoms with Gasteiger partial charge in [-0.3, -0.25) is 9.59 Å². The van der Waals surface area contributed by atoms with Gasteiger partial charge in [-0.2, -0.15) is 4.31 Å². The van der Waals surface area contributed by atoms with Crippen LogP contribution in [0.4, 0.5) is 5.69 Å². The highest BCUT2D eigenvalue weighted by Crippen LogP contribution is 2.33. The third-order valence-corrected chi connectivity index (χ3v) is 7.74. The number of amides is 2. The largest absolute Gasteiger partial charge is 0.340 e. The molecule has 0 aromatic heterocycles. The van der Waals surface area contributed by atoms with Crippen molar-refractivity contribution < 1.29 is 18.0 Å². The van der Waals surface area contributed by atoms with Gasteiger partial charge in [0, 0.05) is 42.8 Å². The van der Waals surface area contributed by atoms with Gasteiger partial charge in [0.1, 0.15) is 0 Å². The molecule has 1 fully saturated rings. The Labute approximate surface area is 177 Å². The molecule has 1 saturated heterocycles. The molecule has 0 radical (unpaired) electrons. The van der Waals surface area contributed by atoms with Crippen molar-refractivity contribution in [3.63, 3.8) is 0 Å². The smallest absolute Gasteiger partial charge is 0.243 e. The number of hydrogen-bond donors (Lipinski definition) is 1. The second-order valence-corrected chi connectivity index (χ2v) is 9.93. The summed E-state index contributed by atoms with van der Waals surface area (Å²) in [6.45, 7) is 1.05. The van der Waals surface area contributed by atoms with Crippen molar-refractivity contribution in [2.45, 2.75) is 17.2 Å². The van der Waals surface area contributed by atoms with Crippen LogP contribution in [-0.2, 0) is 19.6 Å². The lowest BCUT2D eigenvalue weighted by Gasteiger charge is -2.36. The van der Waals surface area contributed by atoms with Crippen molar-refractivity contribution in [3.05, 3.63) is 58.6 Å². The normalized spacial score (nSPS) is 20.1. The van der Waals surface area contributed by atoms with Crippen molar-refractivity contribution in [2.75, 3.05) is 31.5 Å². The minimum Gasteiger partial charge on any atom is -0.340 e. The molecule has 29 heavy (non-hydrogen) atoms. The van der Waals surface area contributed by atoms with Gasteiger partial charge in [-0.1, -0.05) is 34.1 Å². The minimum atomic E-state index is -3.60. The predicted octanol–water partition coefficient (Wildman–Crippen LogP) is 2.41. The number of benzene rings is 2. The Hall–Kier alpha value is -2.23. The number of halogens is 1. The molecule has 0 spiro atoms. The van der Waals surface area contributed by atoms with Gasteiger partial charge in [0.25, 0.3) is 0 Å². The summed E-state index contributed by atoms with van der Waals surface area (Å²) < 4.78 is 27.9. The zero-order chi connectivity index (χ0) is 20.6. The minimum absolute atomic E-state index is 0.104. The molecule has 7 nitrogen and oxygen atoms in total. The summed E-state index contributed by atoms with van der Waals surface area (Å²) in [7, 11) is -3.60. The Kier molecular flexibility index (Phi) is 5.46. The highest BCUT2D eigenvalue weighted by molar-refractivity contribution is 9.10. The summed E-state index contributed by atoms with van der Waals surface area (Å²) in [4.78, 5) is 27.0. The maximum Gasteiger partial charge on any atom is 0.243 e. The molecule has 2 aromatic carbocycles. The molecular formula is C20H20BrN3O4S. The third kappa shape index (κ3) is 3.94. The van der Waals surface area contributed by atoms with Gasteiger partial charge in [0.05, 0.1) is 10.8 Å². The zero-order valence-electron chi connectivity index (χ0n) is 15.5. The summed E-state index contributed by atoms with van der Waals surface area (Å²) in [6.07, 6.45) is 0.104. The van der Waals surface area contributed by atoms with Crippen molar-refractivity contribution in [1.82, 2.24) is 9.21 Å². The summed E-state index contributed by atoms with van der Waals surface area (Å²) in [5.74, 6) is -0.846. The summed E-state index contributed by atoms with van der Waals surface area (Å²) in [5, 5.41) is 2.80. The van der Waals surface area contributed by atoms with Crippen molar-refractivity contribution in [2.24, 2.45) is 0 Å². The molecule has 2 aliphatic rings. The SMILES string of the molecule is O=C1C[C@@H](C(=O)N2CCN(S(=O)(=O)c3ccc(Br)cc3)CC2)c2ccccc2N1. The first-order valence-electron chi connectivity index (χ1n) is 9.29. The van der Waals surface area contributed by atoms with E-state index in [2.05, 4.69) is 21.2 Å². The van der Waals surface area contributed by atoms with Crippen LogP contribution in [0.3, 0.4) is 0 Å². The topological polar surface area (TPSA) is 86.8 Å². The number of anilines is 1. The van der Waals surface area contributed by atoms with E-state index in [9.17, 15) is 18.0 Å². The lowest BCUT2D eigenvalue weighted by atomic mass is 9.89. The standard InChI is InChI=1S/C20H20BrN3O4S/c21-14-5-7-15(8-6-14)29(27,28)24-11-9-23(10-12-24)20(26)17-13-19(25)22-18-4-2-1-3-16(17)18/h1-8,17H,9-13H2,(H,22,25)/t17-/m1/s1. The van der Waals surface area contributed by atoms with E-state index in [1.807, 2.05) is 18.2 Å². The number of carbonyl (C=O) groups excluding carboxylic acids is 2. The Bertz CT molecular complexity index is 1050. The first-order chi connectivity index (χ1) is 13.9. The van der Waals surface area contributed by atoms with Crippen molar-refractivity contribution in [3.8, 4) is 0 Å². The Balaban J connectivity index is 1.47. The number of nitrogens with one attached hydrogen (secondary N) is 1. The summed E-state index contributed by atoms with van der Waals surface area (Å²) >= 11 is 3.30. The Morgan fingerprint density at radius 2 is 1.66 bits per heavy atom. The number of fused-ring (bicyclic) bond motifs is 1. The predicted molar refractivity (Wildman–Crippen MR) is 112 cm³/mol. The number of sulfonamides is 1. The van der Waals surface area contributed by atoms with Crippen LogP contribution in [0.1, 0.15) is 17.9 Å². The molecule has 2 heterocycles. The van der Waals surface area contributed by atoms with Crippen LogP contribution >= 0.6 is 15.9 Å². The second-order valence-electron chi connectivity index (χ2n) is 7.08. The van der Waals surface area contributed by atoms with Crippen LogP contribution in [0, 0.1) is 0 Å². The van der Waals surface area contributed by atoms with Crippen molar-refractivity contribution in [1.29, 1.82) is 0 Å². The van der Waals surface area contributed by atoms with Crippen LogP contribution in [0.25, 0.3) is 0 Å². The lowest BCUT2D eigenvalue weighted by molar-refractivity contribution is -0.136. The molecule has 2 aliphatic heterocycles. The fraction of sp³-hybridized carbons (Fsp3) is 0.300. The zero-order valence-corrected chi connectivity index (χ0v) is 17.9. The monoisotopic (exact) mass is 477 g/mol. The number of nitrogens with zero attached hydrogens (tertiary/aromatic N) is 2. The van der Waals surface area contributed by atoms with E-state index in [1.54, 1.807) is 35.2 Å². The van der Waals surface area contributed by atoms with E-state index in [4.69, 9.17) is 0 Å². The van der Waals surface area contributed by atoms with Gasteiger partial charge < -0.3 is 10.2 Å². The first kappa shape index (κ1) is 20.1. The van der Waals surface area contributed by atoms with Crippen LogP contribution < -0.4 is 5.32 Å². The molecule has 0 bridgehead atoms. The molecule has 0 unspecified atom stereocenters. The molecule has 0 saturated carbocycles. The third-order valence-electron chi connectivity index (χ3n) is 5.30. The van der Waals surface area contributed by atoms with E-state index in [-0.39, 0.29) is 36.2 Å². The number of piperazine rings is 1. The Morgan fingerprint density at radius 3 is 2.34 bits per heavy atom. The first-order valence-corrected chi connectivity index (χ1v) is 11.5. The molecule has 2 aromatic rings. The van der Waals surface area contributed by atoms with Gasteiger partial charge in [0.15, 0.2) is 0 Å². The van der Waals surface area contributed by atoms with Gasteiger partial charge in [-0.25, -0.2) is 8.42 Å². The van der Waals surface area contributed by atoms with Gasteiger partial charge in [-0.15, -0.1) is 0 Å².